The van der Waals surface area contributed by atoms with Gasteiger partial charge < -0.3 is 5.32 Å². The van der Waals surface area contributed by atoms with E-state index in [1.807, 2.05) is 24.5 Å². The molecule has 1 aliphatic rings. The van der Waals surface area contributed by atoms with E-state index < -0.39 is 0 Å². The molecule has 3 rings (SSSR count). The van der Waals surface area contributed by atoms with Crippen LogP contribution in [0.1, 0.15) is 32.6 Å². The Morgan fingerprint density at radius 2 is 2.21 bits per heavy atom. The number of anilines is 1. The Labute approximate surface area is 122 Å². The van der Waals surface area contributed by atoms with Gasteiger partial charge in [-0.3, -0.25) is 9.97 Å². The summed E-state index contributed by atoms with van der Waals surface area (Å²) < 4.78 is 0.968. The fourth-order valence-corrected chi connectivity index (χ4v) is 3.23. The fourth-order valence-electron chi connectivity index (χ4n) is 2.91. The van der Waals surface area contributed by atoms with Crippen molar-refractivity contribution < 1.29 is 0 Å². The second-order valence-electron chi connectivity index (χ2n) is 5.49. The van der Waals surface area contributed by atoms with Crippen molar-refractivity contribution in [3.8, 4) is 0 Å². The summed E-state index contributed by atoms with van der Waals surface area (Å²) in [5.41, 5.74) is 3.00. The zero-order valence-electron chi connectivity index (χ0n) is 11.1. The molecule has 0 radical (unpaired) electrons. The minimum absolute atomic E-state index is 0.569. The summed E-state index contributed by atoms with van der Waals surface area (Å²) in [6.07, 6.45) is 8.87. The van der Waals surface area contributed by atoms with E-state index in [0.717, 1.165) is 27.1 Å². The van der Waals surface area contributed by atoms with Gasteiger partial charge in [0.25, 0.3) is 0 Å². The predicted molar refractivity (Wildman–Crippen MR) is 82.3 cm³/mol. The first-order valence-electron chi connectivity index (χ1n) is 6.89. The maximum atomic E-state index is 4.49. The van der Waals surface area contributed by atoms with E-state index >= 15 is 0 Å². The minimum atomic E-state index is 0.569. The number of hydrogen-bond acceptors (Lipinski definition) is 3. The first-order valence-corrected chi connectivity index (χ1v) is 7.68. The molecule has 0 amide bonds. The monoisotopic (exact) mass is 319 g/mol. The van der Waals surface area contributed by atoms with Crippen LogP contribution >= 0.6 is 15.9 Å². The molecular weight excluding hydrogens is 302 g/mol. The van der Waals surface area contributed by atoms with Gasteiger partial charge in [0, 0.05) is 22.9 Å². The van der Waals surface area contributed by atoms with Crippen LogP contribution in [0.3, 0.4) is 0 Å². The van der Waals surface area contributed by atoms with Gasteiger partial charge in [0.15, 0.2) is 0 Å². The quantitative estimate of drug-likeness (QED) is 0.892. The maximum absolute atomic E-state index is 4.49. The van der Waals surface area contributed by atoms with E-state index in [1.54, 1.807) is 0 Å². The molecule has 0 bridgehead atoms. The third kappa shape index (κ3) is 2.89. The lowest BCUT2D eigenvalue weighted by molar-refractivity contribution is 0.359. The third-order valence-corrected chi connectivity index (χ3v) is 4.27. The van der Waals surface area contributed by atoms with Gasteiger partial charge in [0.2, 0.25) is 0 Å². The van der Waals surface area contributed by atoms with Gasteiger partial charge in [-0.15, -0.1) is 0 Å². The molecule has 1 aliphatic carbocycles. The van der Waals surface area contributed by atoms with Crippen molar-refractivity contribution in [3.63, 3.8) is 0 Å². The van der Waals surface area contributed by atoms with E-state index in [9.17, 15) is 0 Å². The summed E-state index contributed by atoms with van der Waals surface area (Å²) >= 11 is 3.44. The molecule has 2 atom stereocenters. The van der Waals surface area contributed by atoms with Gasteiger partial charge in [-0.1, -0.05) is 19.8 Å². The average molecular weight is 320 g/mol. The summed E-state index contributed by atoms with van der Waals surface area (Å²) in [7, 11) is 0. The number of rotatable bonds is 2. The molecule has 0 aliphatic heterocycles. The Morgan fingerprint density at radius 3 is 3.05 bits per heavy atom. The summed E-state index contributed by atoms with van der Waals surface area (Å²) in [4.78, 5) is 8.87. The molecule has 0 aromatic carbocycles. The van der Waals surface area contributed by atoms with E-state index in [1.165, 1.54) is 25.7 Å². The first-order chi connectivity index (χ1) is 9.22. The van der Waals surface area contributed by atoms with Crippen molar-refractivity contribution >= 4 is 32.7 Å². The van der Waals surface area contributed by atoms with Gasteiger partial charge in [0.05, 0.1) is 11.2 Å². The molecule has 4 heteroatoms. The Morgan fingerprint density at radius 1 is 1.32 bits per heavy atom. The van der Waals surface area contributed by atoms with Crippen molar-refractivity contribution in [2.45, 2.75) is 38.6 Å². The molecule has 1 N–H and O–H groups in total. The Balaban J connectivity index is 1.88. The lowest BCUT2D eigenvalue weighted by Gasteiger charge is -2.28. The Hall–Kier alpha value is -1.16. The molecule has 0 saturated heterocycles. The molecule has 2 aromatic rings. The number of nitrogens with zero attached hydrogens (tertiary/aromatic N) is 2. The van der Waals surface area contributed by atoms with Gasteiger partial charge in [0.1, 0.15) is 5.52 Å². The smallest absolute Gasteiger partial charge is 0.112 e. The van der Waals surface area contributed by atoms with Crippen LogP contribution in [-0.4, -0.2) is 16.0 Å². The molecule has 0 spiro atoms. The number of nitrogens with one attached hydrogen (secondary N) is 1. The van der Waals surface area contributed by atoms with Gasteiger partial charge in [-0.25, -0.2) is 0 Å². The van der Waals surface area contributed by atoms with Crippen LogP contribution in [0.2, 0.25) is 0 Å². The van der Waals surface area contributed by atoms with Crippen molar-refractivity contribution in [1.82, 2.24) is 9.97 Å². The number of halogens is 1. The molecule has 3 nitrogen and oxygen atoms in total. The second kappa shape index (κ2) is 5.45. The molecule has 2 heterocycles. The topological polar surface area (TPSA) is 37.8 Å². The largest absolute Gasteiger partial charge is 0.380 e. The average Bonchev–Trinajstić information content (AvgIpc) is 2.38. The van der Waals surface area contributed by atoms with Crippen LogP contribution in [0.5, 0.6) is 0 Å². The van der Waals surface area contributed by atoms with Crippen molar-refractivity contribution in [2.24, 2.45) is 5.92 Å². The summed E-state index contributed by atoms with van der Waals surface area (Å²) in [5, 5.41) is 3.66. The Kier molecular flexibility index (Phi) is 3.69. The highest BCUT2D eigenvalue weighted by atomic mass is 79.9. The normalized spacial score (nSPS) is 23.5. The third-order valence-electron chi connectivity index (χ3n) is 3.84. The van der Waals surface area contributed by atoms with Crippen LogP contribution in [0.4, 0.5) is 5.69 Å². The molecule has 1 fully saturated rings. The Bertz CT molecular complexity index is 585. The van der Waals surface area contributed by atoms with E-state index in [2.05, 4.69) is 38.1 Å². The molecule has 19 heavy (non-hydrogen) atoms. The minimum Gasteiger partial charge on any atom is -0.380 e. The first kappa shape index (κ1) is 12.9. The van der Waals surface area contributed by atoms with Crippen LogP contribution in [0.25, 0.3) is 11.0 Å². The van der Waals surface area contributed by atoms with E-state index in [4.69, 9.17) is 0 Å². The van der Waals surface area contributed by atoms with Crippen LogP contribution in [-0.2, 0) is 0 Å². The summed E-state index contributed by atoms with van der Waals surface area (Å²) in [6.45, 7) is 2.34. The lowest BCUT2D eigenvalue weighted by Crippen LogP contribution is -2.26. The second-order valence-corrected chi connectivity index (χ2v) is 6.41. The number of aromatic nitrogens is 2. The maximum Gasteiger partial charge on any atom is 0.112 e. The number of hydrogen-bond donors (Lipinski definition) is 1. The fraction of sp³-hybridized carbons (Fsp3) is 0.467. The highest BCUT2D eigenvalue weighted by Crippen LogP contribution is 2.28. The summed E-state index contributed by atoms with van der Waals surface area (Å²) in [6, 6.07) is 4.61. The molecule has 2 unspecified atom stereocenters. The van der Waals surface area contributed by atoms with Crippen molar-refractivity contribution in [3.05, 3.63) is 29.0 Å². The predicted octanol–water partition coefficient (Wildman–Crippen LogP) is 4.38. The number of fused-ring (bicyclic) bond motifs is 1. The zero-order valence-corrected chi connectivity index (χ0v) is 12.7. The molecule has 1 saturated carbocycles. The summed E-state index contributed by atoms with van der Waals surface area (Å²) in [5.74, 6) is 0.821. The van der Waals surface area contributed by atoms with E-state index in [0.29, 0.717) is 6.04 Å². The lowest BCUT2D eigenvalue weighted by atomic mass is 9.87. The number of pyridine rings is 2. The zero-order chi connectivity index (χ0) is 13.2. The van der Waals surface area contributed by atoms with Crippen LogP contribution < -0.4 is 5.32 Å². The van der Waals surface area contributed by atoms with Gasteiger partial charge in [-0.05, 0) is 46.8 Å². The molecule has 2 aromatic heterocycles. The standard InChI is InChI=1S/C15H18BrN3/c1-10-3-2-4-12(7-10)19-13-5-6-17-14-8-11(16)9-18-15(13)14/h5-6,8-10,12H,2-4,7H2,1H3,(H,17,19). The van der Waals surface area contributed by atoms with Gasteiger partial charge in [-0.2, -0.15) is 0 Å². The highest BCUT2D eigenvalue weighted by molar-refractivity contribution is 9.10. The SMILES string of the molecule is CC1CCCC(Nc2ccnc3cc(Br)cnc23)C1. The van der Waals surface area contributed by atoms with Crippen molar-refractivity contribution in [2.75, 3.05) is 5.32 Å². The van der Waals surface area contributed by atoms with Crippen LogP contribution in [0, 0.1) is 5.92 Å². The van der Waals surface area contributed by atoms with Crippen LogP contribution in [0.15, 0.2) is 29.0 Å². The molecule has 100 valence electrons. The van der Waals surface area contributed by atoms with Crippen molar-refractivity contribution in [1.29, 1.82) is 0 Å². The van der Waals surface area contributed by atoms with Gasteiger partial charge >= 0.3 is 0 Å². The van der Waals surface area contributed by atoms with E-state index in [-0.39, 0.29) is 0 Å². The molecular formula is C15H18BrN3. The highest BCUT2D eigenvalue weighted by Gasteiger charge is 2.19.